The Labute approximate surface area is 215 Å². The van der Waals surface area contributed by atoms with Gasteiger partial charge in [0.25, 0.3) is 5.91 Å². The monoisotopic (exact) mass is 490 g/mol. The quantitative estimate of drug-likeness (QED) is 0.441. The number of likely N-dealkylation sites (tertiary alicyclic amines) is 1. The molecule has 36 heavy (non-hydrogen) atoms. The maximum absolute atomic E-state index is 13.7. The smallest absolute Gasteiger partial charge is 0.410 e. The Morgan fingerprint density at radius 1 is 1.08 bits per heavy atom. The van der Waals surface area contributed by atoms with Gasteiger partial charge in [-0.2, -0.15) is 5.26 Å². The number of hydrogen-bond acceptors (Lipinski definition) is 5. The summed E-state index contributed by atoms with van der Waals surface area (Å²) < 4.78 is 5.52. The zero-order valence-corrected chi connectivity index (χ0v) is 22.0. The number of benzene rings is 1. The number of pyridine rings is 1. The molecule has 1 saturated heterocycles. The second kappa shape index (κ2) is 12.5. The van der Waals surface area contributed by atoms with Gasteiger partial charge in [-0.25, -0.2) is 4.79 Å². The average molecular weight is 491 g/mol. The van der Waals surface area contributed by atoms with Crippen molar-refractivity contribution >= 4 is 12.0 Å². The normalized spacial score (nSPS) is 14.2. The van der Waals surface area contributed by atoms with Gasteiger partial charge in [-0.15, -0.1) is 0 Å². The van der Waals surface area contributed by atoms with Crippen LogP contribution in [0.1, 0.15) is 87.0 Å². The minimum atomic E-state index is -0.542. The number of aryl methyl sites for hydroxylation is 1. The third-order valence-electron chi connectivity index (χ3n) is 6.37. The highest BCUT2D eigenvalue weighted by Crippen LogP contribution is 2.23. The highest BCUT2D eigenvalue weighted by molar-refractivity contribution is 5.92. The SMILES string of the molecule is CCCCCc1ccc(C(=O)N(Cc2ccc(C#N)cc2)C2CCN(C(=O)OC(C)(C)C)CC2)nc1. The Morgan fingerprint density at radius 2 is 1.75 bits per heavy atom. The molecule has 1 aliphatic heterocycles. The Balaban J connectivity index is 1.74. The van der Waals surface area contributed by atoms with Crippen LogP contribution in [-0.4, -0.2) is 51.5 Å². The zero-order chi connectivity index (χ0) is 26.1. The number of nitrogens with zero attached hydrogens (tertiary/aromatic N) is 4. The molecule has 1 aliphatic rings. The van der Waals surface area contributed by atoms with E-state index in [0.29, 0.717) is 43.7 Å². The Hall–Kier alpha value is -3.40. The van der Waals surface area contributed by atoms with E-state index in [1.54, 1.807) is 17.0 Å². The highest BCUT2D eigenvalue weighted by Gasteiger charge is 2.32. The number of aromatic nitrogens is 1. The molecule has 7 nitrogen and oxygen atoms in total. The Kier molecular flexibility index (Phi) is 9.46. The van der Waals surface area contributed by atoms with Crippen molar-refractivity contribution < 1.29 is 14.3 Å². The summed E-state index contributed by atoms with van der Waals surface area (Å²) in [5.74, 6) is -0.116. The van der Waals surface area contributed by atoms with Gasteiger partial charge in [-0.05, 0) is 75.8 Å². The molecule has 0 aliphatic carbocycles. The van der Waals surface area contributed by atoms with Crippen molar-refractivity contribution in [2.75, 3.05) is 13.1 Å². The molecule has 0 spiro atoms. The fourth-order valence-electron chi connectivity index (χ4n) is 4.36. The van der Waals surface area contributed by atoms with Gasteiger partial charge in [0.05, 0.1) is 11.6 Å². The molecular weight excluding hydrogens is 452 g/mol. The second-order valence-corrected chi connectivity index (χ2v) is 10.4. The first kappa shape index (κ1) is 27.2. The van der Waals surface area contributed by atoms with Crippen LogP contribution in [0.5, 0.6) is 0 Å². The molecule has 2 aromatic rings. The third kappa shape index (κ3) is 7.81. The van der Waals surface area contributed by atoms with E-state index >= 15 is 0 Å². The Bertz CT molecular complexity index is 1040. The molecule has 0 unspecified atom stereocenters. The molecular formula is C29H38N4O3. The van der Waals surface area contributed by atoms with Gasteiger partial charge in [-0.1, -0.05) is 38.0 Å². The summed E-state index contributed by atoms with van der Waals surface area (Å²) in [6.07, 6.45) is 7.26. The number of carbonyl (C=O) groups excluding carboxylic acids is 2. The zero-order valence-electron chi connectivity index (χ0n) is 22.0. The van der Waals surface area contributed by atoms with Crippen molar-refractivity contribution in [3.63, 3.8) is 0 Å². The van der Waals surface area contributed by atoms with Gasteiger partial charge in [0.1, 0.15) is 11.3 Å². The average Bonchev–Trinajstić information content (AvgIpc) is 2.87. The summed E-state index contributed by atoms with van der Waals surface area (Å²) in [4.78, 5) is 34.3. The van der Waals surface area contributed by atoms with Crippen LogP contribution in [0.15, 0.2) is 42.6 Å². The van der Waals surface area contributed by atoms with Crippen LogP contribution in [0.3, 0.4) is 0 Å². The van der Waals surface area contributed by atoms with E-state index in [-0.39, 0.29) is 18.0 Å². The first-order chi connectivity index (χ1) is 17.2. The van der Waals surface area contributed by atoms with Gasteiger partial charge in [0.2, 0.25) is 0 Å². The van der Waals surface area contributed by atoms with E-state index in [0.717, 1.165) is 24.0 Å². The fourth-order valence-corrected chi connectivity index (χ4v) is 4.36. The maximum atomic E-state index is 13.7. The lowest BCUT2D eigenvalue weighted by molar-refractivity contribution is 0.0141. The van der Waals surface area contributed by atoms with E-state index in [1.165, 1.54) is 12.8 Å². The van der Waals surface area contributed by atoms with Crippen LogP contribution in [-0.2, 0) is 17.7 Å². The van der Waals surface area contributed by atoms with Gasteiger partial charge in [0, 0.05) is 31.9 Å². The van der Waals surface area contributed by atoms with Crippen molar-refractivity contribution in [2.24, 2.45) is 0 Å². The second-order valence-electron chi connectivity index (χ2n) is 10.4. The first-order valence-electron chi connectivity index (χ1n) is 12.9. The minimum absolute atomic E-state index is 0.0298. The van der Waals surface area contributed by atoms with Crippen molar-refractivity contribution in [3.05, 3.63) is 65.0 Å². The summed E-state index contributed by atoms with van der Waals surface area (Å²) >= 11 is 0. The fraction of sp³-hybridized carbons (Fsp3) is 0.517. The van der Waals surface area contributed by atoms with E-state index in [2.05, 4.69) is 18.0 Å². The summed E-state index contributed by atoms with van der Waals surface area (Å²) in [5.41, 5.74) is 2.57. The topological polar surface area (TPSA) is 86.5 Å². The van der Waals surface area contributed by atoms with Crippen molar-refractivity contribution in [1.82, 2.24) is 14.8 Å². The number of rotatable bonds is 8. The molecule has 0 bridgehead atoms. The summed E-state index contributed by atoms with van der Waals surface area (Å²) in [6.45, 7) is 9.23. The predicted molar refractivity (Wildman–Crippen MR) is 139 cm³/mol. The Morgan fingerprint density at radius 3 is 2.31 bits per heavy atom. The molecule has 2 amide bonds. The molecule has 1 aromatic carbocycles. The number of unbranched alkanes of at least 4 members (excludes halogenated alkanes) is 2. The summed E-state index contributed by atoms with van der Waals surface area (Å²) in [5, 5.41) is 9.12. The van der Waals surface area contributed by atoms with E-state index in [1.807, 2.05) is 56.1 Å². The van der Waals surface area contributed by atoms with Gasteiger partial charge >= 0.3 is 6.09 Å². The summed E-state index contributed by atoms with van der Waals surface area (Å²) in [6, 6.07) is 13.2. The maximum Gasteiger partial charge on any atom is 0.410 e. The van der Waals surface area contributed by atoms with Crippen molar-refractivity contribution in [3.8, 4) is 6.07 Å². The molecule has 0 atom stereocenters. The number of piperidine rings is 1. The first-order valence-corrected chi connectivity index (χ1v) is 12.9. The lowest BCUT2D eigenvalue weighted by atomic mass is 10.0. The highest BCUT2D eigenvalue weighted by atomic mass is 16.6. The molecule has 1 fully saturated rings. The number of carbonyl (C=O) groups is 2. The predicted octanol–water partition coefficient (Wildman–Crippen LogP) is 5.73. The van der Waals surface area contributed by atoms with Crippen molar-refractivity contribution in [1.29, 1.82) is 5.26 Å². The van der Waals surface area contributed by atoms with Crippen LogP contribution in [0, 0.1) is 11.3 Å². The van der Waals surface area contributed by atoms with E-state index in [9.17, 15) is 9.59 Å². The molecule has 0 radical (unpaired) electrons. The van der Waals surface area contributed by atoms with E-state index in [4.69, 9.17) is 10.00 Å². The van der Waals surface area contributed by atoms with Crippen LogP contribution < -0.4 is 0 Å². The number of ether oxygens (including phenoxy) is 1. The standard InChI is InChI=1S/C29H38N4O3/c1-5-6-7-8-23-13-14-26(31-20-23)27(34)33(21-24-11-9-22(19-30)10-12-24)25-15-17-32(18-16-25)28(35)36-29(2,3)4/h9-14,20,25H,5-8,15-18,21H2,1-4H3. The molecule has 3 rings (SSSR count). The third-order valence-corrected chi connectivity index (χ3v) is 6.37. The summed E-state index contributed by atoms with van der Waals surface area (Å²) in [7, 11) is 0. The van der Waals surface area contributed by atoms with Gasteiger partial charge in [0.15, 0.2) is 0 Å². The van der Waals surface area contributed by atoms with Gasteiger partial charge < -0.3 is 14.5 Å². The van der Waals surface area contributed by atoms with Crippen LogP contribution in [0.25, 0.3) is 0 Å². The number of amides is 2. The molecule has 0 N–H and O–H groups in total. The van der Waals surface area contributed by atoms with Crippen LogP contribution in [0.4, 0.5) is 4.79 Å². The molecule has 2 heterocycles. The largest absolute Gasteiger partial charge is 0.444 e. The number of hydrogen-bond donors (Lipinski definition) is 0. The van der Waals surface area contributed by atoms with Crippen molar-refractivity contribution in [2.45, 2.75) is 84.4 Å². The minimum Gasteiger partial charge on any atom is -0.444 e. The molecule has 192 valence electrons. The van der Waals surface area contributed by atoms with E-state index < -0.39 is 5.60 Å². The lowest BCUT2D eigenvalue weighted by Gasteiger charge is -2.39. The molecule has 7 heteroatoms. The lowest BCUT2D eigenvalue weighted by Crippen LogP contribution is -2.49. The van der Waals surface area contributed by atoms with Crippen LogP contribution in [0.2, 0.25) is 0 Å². The molecule has 1 aromatic heterocycles. The molecule has 0 saturated carbocycles. The van der Waals surface area contributed by atoms with Crippen LogP contribution >= 0.6 is 0 Å². The number of nitriles is 1. The van der Waals surface area contributed by atoms with Gasteiger partial charge in [-0.3, -0.25) is 9.78 Å².